The van der Waals surface area contributed by atoms with E-state index in [4.69, 9.17) is 21.6 Å². The Morgan fingerprint density at radius 1 is 1.15 bits per heavy atom. The maximum Gasteiger partial charge on any atom is 0.165 e. The molecular weight excluding hydrogens is 347 g/mol. The van der Waals surface area contributed by atoms with E-state index < -0.39 is 5.82 Å². The predicted octanol–water partition coefficient (Wildman–Crippen LogP) is 3.24. The predicted molar refractivity (Wildman–Crippen MR) is 102 cm³/mol. The van der Waals surface area contributed by atoms with Crippen molar-refractivity contribution in [1.82, 2.24) is 4.98 Å². The molecule has 0 aliphatic heterocycles. The number of amidine groups is 1. The molecule has 136 valence electrons. The van der Waals surface area contributed by atoms with E-state index in [1.54, 1.807) is 36.4 Å². The van der Waals surface area contributed by atoms with Crippen LogP contribution in [0.3, 0.4) is 0 Å². The van der Waals surface area contributed by atoms with Gasteiger partial charge in [0.1, 0.15) is 12.1 Å². The van der Waals surface area contributed by atoms with Crippen LogP contribution in [-0.2, 0) is 0 Å². The van der Waals surface area contributed by atoms with Gasteiger partial charge < -0.3 is 16.2 Å². The summed E-state index contributed by atoms with van der Waals surface area (Å²) in [5.41, 5.74) is 14.7. The van der Waals surface area contributed by atoms with Crippen molar-refractivity contribution in [2.24, 2.45) is 5.73 Å². The number of ether oxygens (including phenoxy) is 1. The van der Waals surface area contributed by atoms with E-state index in [1.165, 1.54) is 19.2 Å². The minimum absolute atomic E-state index is 0.0942. The fourth-order valence-corrected chi connectivity index (χ4v) is 2.75. The smallest absolute Gasteiger partial charge is 0.165 e. The molecule has 7 heteroatoms. The number of benzene rings is 2. The van der Waals surface area contributed by atoms with E-state index in [0.717, 1.165) is 11.8 Å². The van der Waals surface area contributed by atoms with Gasteiger partial charge in [-0.25, -0.2) is 9.37 Å². The maximum atomic E-state index is 14.2. The molecule has 6 nitrogen and oxygen atoms in total. The number of hydrogen-bond acceptors (Lipinski definition) is 5. The number of carbonyl (C=O) groups excluding carboxylic acids is 1. The van der Waals surface area contributed by atoms with Gasteiger partial charge in [0.25, 0.3) is 0 Å². The van der Waals surface area contributed by atoms with E-state index in [9.17, 15) is 9.18 Å². The number of aldehydes is 1. The lowest BCUT2D eigenvalue weighted by Gasteiger charge is -2.14. The van der Waals surface area contributed by atoms with Crippen LogP contribution in [-0.4, -0.2) is 24.2 Å². The fourth-order valence-electron chi connectivity index (χ4n) is 2.75. The minimum atomic E-state index is -0.564. The van der Waals surface area contributed by atoms with Crippen molar-refractivity contribution in [3.8, 4) is 28.3 Å². The number of rotatable bonds is 5. The van der Waals surface area contributed by atoms with Gasteiger partial charge in [-0.05, 0) is 24.3 Å². The lowest BCUT2D eigenvalue weighted by molar-refractivity contribution is 0.112. The second-order valence-corrected chi connectivity index (χ2v) is 5.82. The Morgan fingerprint density at radius 3 is 2.37 bits per heavy atom. The summed E-state index contributed by atoms with van der Waals surface area (Å²) in [6, 6.07) is 12.7. The maximum absolute atomic E-state index is 14.2. The first kappa shape index (κ1) is 18.1. The average molecular weight is 364 g/mol. The van der Waals surface area contributed by atoms with Gasteiger partial charge in [-0.15, -0.1) is 0 Å². The molecule has 5 N–H and O–H groups in total. The number of pyridine rings is 1. The first-order valence-electron chi connectivity index (χ1n) is 7.99. The van der Waals surface area contributed by atoms with Crippen molar-refractivity contribution < 1.29 is 13.9 Å². The standard InChI is InChI=1S/C20H17FN4O2/c1-27-17-7-6-13(8-14(17)21)19-18(20(23)24)15(22)9-16(25-19)12-4-2-11(10-26)3-5-12/h2-10H,1H3,(H2,22,25)(H3,23,24). The third kappa shape index (κ3) is 3.48. The second kappa shape index (κ2) is 7.25. The number of carbonyl (C=O) groups is 1. The van der Waals surface area contributed by atoms with Gasteiger partial charge in [-0.3, -0.25) is 10.2 Å². The zero-order valence-corrected chi connectivity index (χ0v) is 14.5. The van der Waals surface area contributed by atoms with Gasteiger partial charge >= 0.3 is 0 Å². The van der Waals surface area contributed by atoms with Crippen molar-refractivity contribution in [2.75, 3.05) is 12.8 Å². The first-order chi connectivity index (χ1) is 12.9. The molecule has 3 rings (SSSR count). The molecule has 0 amide bonds. The van der Waals surface area contributed by atoms with Crippen LogP contribution in [0.1, 0.15) is 15.9 Å². The van der Waals surface area contributed by atoms with Crippen LogP contribution in [0.15, 0.2) is 48.5 Å². The molecule has 0 saturated heterocycles. The number of anilines is 1. The fraction of sp³-hybridized carbons (Fsp3) is 0.0500. The monoisotopic (exact) mass is 364 g/mol. The lowest BCUT2D eigenvalue weighted by atomic mass is 10.00. The van der Waals surface area contributed by atoms with E-state index in [2.05, 4.69) is 4.98 Å². The third-order valence-corrected chi connectivity index (χ3v) is 4.09. The molecule has 0 aliphatic rings. The van der Waals surface area contributed by atoms with Crippen LogP contribution < -0.4 is 16.2 Å². The average Bonchev–Trinajstić information content (AvgIpc) is 2.67. The molecule has 0 atom stereocenters. The second-order valence-electron chi connectivity index (χ2n) is 5.82. The number of aromatic nitrogens is 1. The molecule has 0 saturated carbocycles. The molecule has 0 bridgehead atoms. The van der Waals surface area contributed by atoms with E-state index >= 15 is 0 Å². The number of methoxy groups -OCH3 is 1. The highest BCUT2D eigenvalue weighted by molar-refractivity contribution is 6.05. The van der Waals surface area contributed by atoms with Crippen LogP contribution in [0, 0.1) is 11.2 Å². The van der Waals surface area contributed by atoms with Gasteiger partial charge in [0.2, 0.25) is 0 Å². The van der Waals surface area contributed by atoms with Gasteiger partial charge in [-0.2, -0.15) is 0 Å². The highest BCUT2D eigenvalue weighted by atomic mass is 19.1. The van der Waals surface area contributed by atoms with Crippen molar-refractivity contribution in [1.29, 1.82) is 5.41 Å². The highest BCUT2D eigenvalue weighted by Crippen LogP contribution is 2.32. The molecule has 0 spiro atoms. The van der Waals surface area contributed by atoms with Crippen LogP contribution in [0.25, 0.3) is 22.5 Å². The van der Waals surface area contributed by atoms with Crippen LogP contribution in [0.4, 0.5) is 10.1 Å². The van der Waals surface area contributed by atoms with Gasteiger partial charge in [-0.1, -0.05) is 24.3 Å². The summed E-state index contributed by atoms with van der Waals surface area (Å²) in [7, 11) is 1.37. The van der Waals surface area contributed by atoms with Crippen molar-refractivity contribution in [2.45, 2.75) is 0 Å². The van der Waals surface area contributed by atoms with E-state index in [0.29, 0.717) is 22.5 Å². The molecule has 1 aromatic heterocycles. The summed E-state index contributed by atoms with van der Waals surface area (Å²) < 4.78 is 19.1. The zero-order valence-electron chi connectivity index (χ0n) is 14.5. The summed E-state index contributed by atoms with van der Waals surface area (Å²) in [5.74, 6) is -0.739. The van der Waals surface area contributed by atoms with Gasteiger partial charge in [0.15, 0.2) is 11.6 Å². The van der Waals surface area contributed by atoms with E-state index in [1.807, 2.05) is 0 Å². The number of nitrogens with one attached hydrogen (secondary N) is 1. The Labute approximate surface area is 155 Å². The first-order valence-corrected chi connectivity index (χ1v) is 7.99. The van der Waals surface area contributed by atoms with Crippen LogP contribution >= 0.6 is 0 Å². The topological polar surface area (TPSA) is 115 Å². The van der Waals surface area contributed by atoms with Gasteiger partial charge in [0, 0.05) is 22.4 Å². The number of nitrogen functional groups attached to an aromatic ring is 2. The molecule has 0 fully saturated rings. The Hall–Kier alpha value is -3.74. The molecule has 3 aromatic rings. The quantitative estimate of drug-likeness (QED) is 0.365. The van der Waals surface area contributed by atoms with Crippen molar-refractivity contribution >= 4 is 17.8 Å². The van der Waals surface area contributed by atoms with E-state index in [-0.39, 0.29) is 22.8 Å². The summed E-state index contributed by atoms with van der Waals surface area (Å²) in [5, 5.41) is 7.83. The zero-order chi connectivity index (χ0) is 19.6. The highest BCUT2D eigenvalue weighted by Gasteiger charge is 2.17. The van der Waals surface area contributed by atoms with Crippen LogP contribution in [0.5, 0.6) is 5.75 Å². The Morgan fingerprint density at radius 2 is 1.81 bits per heavy atom. The summed E-state index contributed by atoms with van der Waals surface area (Å²) in [6.07, 6.45) is 0.746. The Bertz CT molecular complexity index is 1030. The number of halogens is 1. The van der Waals surface area contributed by atoms with Crippen molar-refractivity contribution in [3.63, 3.8) is 0 Å². The normalized spacial score (nSPS) is 10.4. The number of nitrogens with two attached hydrogens (primary N) is 2. The number of hydrogen-bond donors (Lipinski definition) is 3. The molecular formula is C20H17FN4O2. The Kier molecular flexibility index (Phi) is 4.85. The molecule has 0 unspecified atom stereocenters. The molecule has 0 radical (unpaired) electrons. The summed E-state index contributed by atoms with van der Waals surface area (Å²) in [4.78, 5) is 15.4. The summed E-state index contributed by atoms with van der Waals surface area (Å²) in [6.45, 7) is 0. The molecule has 1 heterocycles. The van der Waals surface area contributed by atoms with Crippen molar-refractivity contribution in [3.05, 3.63) is 65.5 Å². The Balaban J connectivity index is 2.21. The number of nitrogens with zero attached hydrogens (tertiary/aromatic N) is 1. The van der Waals surface area contributed by atoms with Gasteiger partial charge in [0.05, 0.1) is 24.1 Å². The third-order valence-electron chi connectivity index (χ3n) is 4.09. The lowest BCUT2D eigenvalue weighted by Crippen LogP contribution is -2.16. The summed E-state index contributed by atoms with van der Waals surface area (Å²) >= 11 is 0. The van der Waals surface area contributed by atoms with Crippen LogP contribution in [0.2, 0.25) is 0 Å². The molecule has 2 aromatic carbocycles. The molecule has 0 aliphatic carbocycles. The SMILES string of the molecule is COc1ccc(-c2nc(-c3ccc(C=O)cc3)cc(N)c2C(=N)N)cc1F. The molecule has 27 heavy (non-hydrogen) atoms. The largest absolute Gasteiger partial charge is 0.494 e. The minimum Gasteiger partial charge on any atom is -0.494 e.